The molecule has 0 bridgehead atoms. The fourth-order valence-corrected chi connectivity index (χ4v) is 2.43. The summed E-state index contributed by atoms with van der Waals surface area (Å²) in [6.07, 6.45) is 4.84. The van der Waals surface area contributed by atoms with Crippen molar-refractivity contribution in [1.82, 2.24) is 15.6 Å². The average Bonchev–Trinajstić information content (AvgIpc) is 2.67. The molecule has 0 radical (unpaired) electrons. The van der Waals surface area contributed by atoms with Gasteiger partial charge in [0.2, 0.25) is 5.88 Å². The lowest BCUT2D eigenvalue weighted by Crippen LogP contribution is -2.37. The first-order valence-electron chi connectivity index (χ1n) is 8.88. The van der Waals surface area contributed by atoms with Gasteiger partial charge < -0.3 is 15.4 Å². The van der Waals surface area contributed by atoms with Crippen molar-refractivity contribution in [1.29, 1.82) is 0 Å². The minimum Gasteiger partial charge on any atom is -0.477 e. The molecule has 0 saturated heterocycles. The summed E-state index contributed by atoms with van der Waals surface area (Å²) in [5.74, 6) is 1.48. The molecule has 2 aromatic rings. The van der Waals surface area contributed by atoms with Crippen molar-refractivity contribution < 1.29 is 4.74 Å². The summed E-state index contributed by atoms with van der Waals surface area (Å²) in [7, 11) is 1.78. The van der Waals surface area contributed by atoms with Gasteiger partial charge in [0, 0.05) is 31.9 Å². The van der Waals surface area contributed by atoms with Gasteiger partial charge in [0.15, 0.2) is 5.96 Å². The number of aromatic nitrogens is 1. The Morgan fingerprint density at radius 3 is 2.65 bits per heavy atom. The lowest BCUT2D eigenvalue weighted by Gasteiger charge is -2.14. The molecule has 142 valence electrons. The maximum atomic E-state index is 5.69. The first-order valence-corrected chi connectivity index (χ1v) is 8.88. The number of benzene rings is 1. The molecule has 0 fully saturated rings. The highest BCUT2D eigenvalue weighted by Crippen LogP contribution is 2.14. The molecule has 5 nitrogen and oxygen atoms in total. The average molecular weight is 468 g/mol. The van der Waals surface area contributed by atoms with Crippen LogP contribution < -0.4 is 15.4 Å². The molecule has 2 rings (SSSR count). The van der Waals surface area contributed by atoms with Crippen LogP contribution in [0.2, 0.25) is 0 Å². The number of rotatable bonds is 9. The van der Waals surface area contributed by atoms with Gasteiger partial charge >= 0.3 is 0 Å². The minimum absolute atomic E-state index is 0. The third-order valence-electron chi connectivity index (χ3n) is 3.74. The summed E-state index contributed by atoms with van der Waals surface area (Å²) in [6.45, 7) is 4.27. The van der Waals surface area contributed by atoms with Crippen LogP contribution in [0.15, 0.2) is 53.7 Å². The van der Waals surface area contributed by atoms with E-state index in [1.165, 1.54) is 5.56 Å². The van der Waals surface area contributed by atoms with Gasteiger partial charge in [-0.25, -0.2) is 4.98 Å². The van der Waals surface area contributed by atoms with E-state index in [1.54, 1.807) is 13.2 Å². The maximum Gasteiger partial charge on any atom is 0.218 e. The van der Waals surface area contributed by atoms with Gasteiger partial charge in [-0.2, -0.15) is 0 Å². The van der Waals surface area contributed by atoms with Crippen molar-refractivity contribution in [3.05, 3.63) is 59.8 Å². The molecular formula is C20H29IN4O. The zero-order valence-electron chi connectivity index (χ0n) is 15.6. The Balaban J connectivity index is 0.00000338. The van der Waals surface area contributed by atoms with E-state index >= 15 is 0 Å². The van der Waals surface area contributed by atoms with Crippen molar-refractivity contribution in [2.45, 2.75) is 32.7 Å². The monoisotopic (exact) mass is 468 g/mol. The molecular weight excluding hydrogens is 439 g/mol. The number of nitrogens with zero attached hydrogens (tertiary/aromatic N) is 2. The van der Waals surface area contributed by atoms with Crippen LogP contribution in [0.3, 0.4) is 0 Å². The van der Waals surface area contributed by atoms with E-state index in [0.29, 0.717) is 19.0 Å². The predicted molar refractivity (Wildman–Crippen MR) is 118 cm³/mol. The van der Waals surface area contributed by atoms with Gasteiger partial charge in [-0.1, -0.05) is 43.3 Å². The molecule has 0 aliphatic carbocycles. The van der Waals surface area contributed by atoms with E-state index in [9.17, 15) is 0 Å². The van der Waals surface area contributed by atoms with Crippen LogP contribution in [0.4, 0.5) is 0 Å². The molecule has 2 N–H and O–H groups in total. The highest BCUT2D eigenvalue weighted by Gasteiger charge is 2.05. The Morgan fingerprint density at radius 1 is 1.12 bits per heavy atom. The topological polar surface area (TPSA) is 58.5 Å². The van der Waals surface area contributed by atoms with Crippen molar-refractivity contribution >= 4 is 29.9 Å². The van der Waals surface area contributed by atoms with Gasteiger partial charge in [0.05, 0.1) is 6.61 Å². The first kappa shape index (κ1) is 22.2. The van der Waals surface area contributed by atoms with E-state index in [-0.39, 0.29) is 24.0 Å². The summed E-state index contributed by atoms with van der Waals surface area (Å²) < 4.78 is 5.69. The number of ether oxygens (including phenoxy) is 1. The Labute approximate surface area is 173 Å². The number of hydrogen-bond acceptors (Lipinski definition) is 3. The van der Waals surface area contributed by atoms with E-state index in [0.717, 1.165) is 37.3 Å². The molecule has 0 amide bonds. The van der Waals surface area contributed by atoms with Gasteiger partial charge in [-0.3, -0.25) is 4.99 Å². The molecule has 26 heavy (non-hydrogen) atoms. The predicted octanol–water partition coefficient (Wildman–Crippen LogP) is 3.79. The van der Waals surface area contributed by atoms with Gasteiger partial charge in [0.1, 0.15) is 0 Å². The molecule has 0 saturated carbocycles. The number of aryl methyl sites for hydroxylation is 1. The van der Waals surface area contributed by atoms with Gasteiger partial charge in [-0.05, 0) is 30.9 Å². The van der Waals surface area contributed by atoms with Crippen LogP contribution >= 0.6 is 24.0 Å². The van der Waals surface area contributed by atoms with Crippen LogP contribution in [0.1, 0.15) is 30.9 Å². The zero-order chi connectivity index (χ0) is 17.7. The largest absolute Gasteiger partial charge is 0.477 e. The number of nitrogens with one attached hydrogen (secondary N) is 2. The summed E-state index contributed by atoms with van der Waals surface area (Å²) in [5.41, 5.74) is 2.39. The molecule has 6 heteroatoms. The van der Waals surface area contributed by atoms with Crippen molar-refractivity contribution in [2.75, 3.05) is 20.2 Å². The standard InChI is InChI=1S/C20H28N4O.HI/c1-3-15-25-19-18(12-8-13-22-19)16-24-20(21-2)23-14-7-11-17-9-5-4-6-10-17;/h4-6,8-10,12-13H,3,7,11,14-16H2,1-2H3,(H2,21,23,24);1H. The third kappa shape index (κ3) is 8.03. The van der Waals surface area contributed by atoms with Gasteiger partial charge in [-0.15, -0.1) is 24.0 Å². The number of guanidine groups is 1. The molecule has 0 aliphatic rings. The molecule has 1 aromatic heterocycles. The quantitative estimate of drug-likeness (QED) is 0.255. The highest BCUT2D eigenvalue weighted by molar-refractivity contribution is 14.0. The van der Waals surface area contributed by atoms with Crippen LogP contribution in [-0.2, 0) is 13.0 Å². The maximum absolute atomic E-state index is 5.69. The Kier molecular flexibility index (Phi) is 11.4. The summed E-state index contributed by atoms with van der Waals surface area (Å²) in [4.78, 5) is 8.58. The first-order chi connectivity index (χ1) is 12.3. The second kappa shape index (κ2) is 13.4. The second-order valence-corrected chi connectivity index (χ2v) is 5.76. The van der Waals surface area contributed by atoms with E-state index in [1.807, 2.05) is 18.2 Å². The number of aliphatic imine (C=N–C) groups is 1. The number of hydrogen-bond donors (Lipinski definition) is 2. The Bertz CT molecular complexity index is 649. The second-order valence-electron chi connectivity index (χ2n) is 5.76. The van der Waals surface area contributed by atoms with Crippen molar-refractivity contribution in [2.24, 2.45) is 4.99 Å². The normalized spacial score (nSPS) is 10.8. The molecule has 0 unspecified atom stereocenters. The Hall–Kier alpha value is -1.83. The number of pyridine rings is 1. The lowest BCUT2D eigenvalue weighted by atomic mass is 10.1. The van der Waals surface area contributed by atoms with Crippen molar-refractivity contribution in [3.8, 4) is 5.88 Å². The molecule has 1 aromatic carbocycles. The minimum atomic E-state index is 0. The third-order valence-corrected chi connectivity index (χ3v) is 3.74. The van der Waals surface area contributed by atoms with Crippen LogP contribution in [0.5, 0.6) is 5.88 Å². The summed E-state index contributed by atoms with van der Waals surface area (Å²) in [5, 5.41) is 6.67. The SMILES string of the molecule is CCCOc1ncccc1CNC(=NC)NCCCc1ccccc1.I. The smallest absolute Gasteiger partial charge is 0.218 e. The van der Waals surface area contributed by atoms with Crippen LogP contribution in [0, 0.1) is 0 Å². The van der Waals surface area contributed by atoms with E-state index in [2.05, 4.69) is 51.8 Å². The summed E-state index contributed by atoms with van der Waals surface area (Å²) >= 11 is 0. The fourth-order valence-electron chi connectivity index (χ4n) is 2.43. The van der Waals surface area contributed by atoms with Crippen molar-refractivity contribution in [3.63, 3.8) is 0 Å². The molecule has 0 spiro atoms. The van der Waals surface area contributed by atoms with E-state index < -0.39 is 0 Å². The van der Waals surface area contributed by atoms with Crippen LogP contribution in [-0.4, -0.2) is 31.1 Å². The number of halogens is 1. The van der Waals surface area contributed by atoms with Gasteiger partial charge in [0.25, 0.3) is 0 Å². The molecule has 0 atom stereocenters. The lowest BCUT2D eigenvalue weighted by molar-refractivity contribution is 0.301. The fraction of sp³-hybridized carbons (Fsp3) is 0.400. The van der Waals surface area contributed by atoms with Crippen LogP contribution in [0.25, 0.3) is 0 Å². The highest BCUT2D eigenvalue weighted by atomic mass is 127. The molecule has 1 heterocycles. The Morgan fingerprint density at radius 2 is 1.92 bits per heavy atom. The molecule has 0 aliphatic heterocycles. The van der Waals surface area contributed by atoms with E-state index in [4.69, 9.17) is 4.74 Å². The summed E-state index contributed by atoms with van der Waals surface area (Å²) in [6, 6.07) is 14.5. The zero-order valence-corrected chi connectivity index (χ0v) is 17.9.